The van der Waals surface area contributed by atoms with Crippen molar-refractivity contribution in [2.75, 3.05) is 18.5 Å². The summed E-state index contributed by atoms with van der Waals surface area (Å²) in [5, 5.41) is 13.7. The van der Waals surface area contributed by atoms with E-state index in [1.807, 2.05) is 25.1 Å². The Labute approximate surface area is 114 Å². The van der Waals surface area contributed by atoms with E-state index in [0.717, 1.165) is 41.7 Å². The predicted octanol–water partition coefficient (Wildman–Crippen LogP) is 3.36. The molecule has 0 radical (unpaired) electrons. The molecule has 3 nitrogen and oxygen atoms in total. The van der Waals surface area contributed by atoms with E-state index < -0.39 is 0 Å². The van der Waals surface area contributed by atoms with Gasteiger partial charge in [0, 0.05) is 29.9 Å². The molecule has 0 saturated heterocycles. The van der Waals surface area contributed by atoms with Crippen LogP contribution in [0.4, 0.5) is 5.69 Å². The van der Waals surface area contributed by atoms with Crippen molar-refractivity contribution in [3.05, 3.63) is 36.0 Å². The number of nitrogens with one attached hydrogen (secondary N) is 1. The summed E-state index contributed by atoms with van der Waals surface area (Å²) in [5.74, 6) is 0.511. The second-order valence-corrected chi connectivity index (χ2v) is 5.00. The first-order chi connectivity index (χ1) is 9.24. The fourth-order valence-corrected chi connectivity index (χ4v) is 2.34. The van der Waals surface area contributed by atoms with Crippen molar-refractivity contribution in [1.29, 1.82) is 0 Å². The Balaban J connectivity index is 2.20. The molecule has 19 heavy (non-hydrogen) atoms. The largest absolute Gasteiger partial charge is 0.396 e. The molecule has 0 bridgehead atoms. The number of benzene rings is 1. The number of fused-ring (bicyclic) bond motifs is 1. The van der Waals surface area contributed by atoms with Gasteiger partial charge >= 0.3 is 0 Å². The Bertz CT molecular complexity index is 539. The number of aliphatic hydroxyl groups excluding tert-OH is 1. The minimum Gasteiger partial charge on any atom is -0.396 e. The van der Waals surface area contributed by atoms with Crippen LogP contribution in [0.1, 0.15) is 25.5 Å². The zero-order chi connectivity index (χ0) is 13.7. The van der Waals surface area contributed by atoms with Gasteiger partial charge in [-0.15, -0.1) is 0 Å². The highest BCUT2D eigenvalue weighted by molar-refractivity contribution is 5.91. The molecule has 1 aromatic carbocycles. The Morgan fingerprint density at radius 3 is 2.84 bits per heavy atom. The minimum absolute atomic E-state index is 0.260. The quantitative estimate of drug-likeness (QED) is 0.835. The van der Waals surface area contributed by atoms with Crippen LogP contribution >= 0.6 is 0 Å². The summed E-state index contributed by atoms with van der Waals surface area (Å²) in [6, 6.07) is 10.3. The van der Waals surface area contributed by atoms with Crippen LogP contribution in [0.25, 0.3) is 10.9 Å². The number of nitrogens with zero attached hydrogens (tertiary/aromatic N) is 1. The fraction of sp³-hybridized carbons (Fsp3) is 0.438. The van der Waals surface area contributed by atoms with Gasteiger partial charge in [0.1, 0.15) is 0 Å². The topological polar surface area (TPSA) is 45.1 Å². The molecule has 0 aliphatic rings. The number of hydrogen-bond donors (Lipinski definition) is 2. The normalized spacial score (nSPS) is 12.6. The molecule has 0 aliphatic heterocycles. The van der Waals surface area contributed by atoms with Crippen LogP contribution in [0.15, 0.2) is 30.3 Å². The van der Waals surface area contributed by atoms with Crippen molar-refractivity contribution in [3.63, 3.8) is 0 Å². The van der Waals surface area contributed by atoms with Crippen LogP contribution in [0.5, 0.6) is 0 Å². The third-order valence-electron chi connectivity index (χ3n) is 3.54. The van der Waals surface area contributed by atoms with E-state index in [9.17, 15) is 0 Å². The molecule has 1 atom stereocenters. The van der Waals surface area contributed by atoms with E-state index in [2.05, 4.69) is 29.4 Å². The van der Waals surface area contributed by atoms with Crippen LogP contribution in [-0.2, 0) is 0 Å². The van der Waals surface area contributed by atoms with E-state index in [4.69, 9.17) is 5.11 Å². The maximum Gasteiger partial charge on any atom is 0.0725 e. The van der Waals surface area contributed by atoms with E-state index in [1.165, 1.54) is 0 Å². The third kappa shape index (κ3) is 3.44. The average molecular weight is 258 g/mol. The molecule has 2 rings (SSSR count). The lowest BCUT2D eigenvalue weighted by atomic mass is 10.0. The average Bonchev–Trinajstić information content (AvgIpc) is 2.43. The molecular formula is C16H22N2O. The molecule has 2 N–H and O–H groups in total. The Hall–Kier alpha value is -1.61. The number of aliphatic hydroxyl groups is 1. The lowest BCUT2D eigenvalue weighted by Crippen LogP contribution is -2.15. The van der Waals surface area contributed by atoms with E-state index in [-0.39, 0.29) is 6.61 Å². The molecule has 0 fully saturated rings. The van der Waals surface area contributed by atoms with Gasteiger partial charge in [-0.2, -0.15) is 0 Å². The van der Waals surface area contributed by atoms with Gasteiger partial charge in [-0.1, -0.05) is 31.5 Å². The van der Waals surface area contributed by atoms with Crippen LogP contribution in [0.2, 0.25) is 0 Å². The van der Waals surface area contributed by atoms with Crippen LogP contribution < -0.4 is 5.32 Å². The minimum atomic E-state index is 0.260. The molecule has 2 aromatic rings. The van der Waals surface area contributed by atoms with Gasteiger partial charge in [0.25, 0.3) is 0 Å². The van der Waals surface area contributed by atoms with Crippen molar-refractivity contribution in [2.45, 2.75) is 26.7 Å². The van der Waals surface area contributed by atoms with Crippen LogP contribution in [-0.4, -0.2) is 23.2 Å². The Morgan fingerprint density at radius 2 is 2.11 bits per heavy atom. The molecule has 0 spiro atoms. The molecule has 0 saturated carbocycles. The molecule has 1 aromatic heterocycles. The van der Waals surface area contributed by atoms with E-state index in [1.54, 1.807) is 0 Å². The number of para-hydroxylation sites is 1. The van der Waals surface area contributed by atoms with Crippen molar-refractivity contribution < 1.29 is 5.11 Å². The first-order valence-electron chi connectivity index (χ1n) is 6.95. The van der Waals surface area contributed by atoms with Gasteiger partial charge in [-0.05, 0) is 31.4 Å². The number of pyridine rings is 1. The molecule has 0 amide bonds. The summed E-state index contributed by atoms with van der Waals surface area (Å²) >= 11 is 0. The highest BCUT2D eigenvalue weighted by atomic mass is 16.3. The van der Waals surface area contributed by atoms with Gasteiger partial charge in [0.2, 0.25) is 0 Å². The summed E-state index contributed by atoms with van der Waals surface area (Å²) in [7, 11) is 0. The summed E-state index contributed by atoms with van der Waals surface area (Å²) in [6.45, 7) is 5.33. The smallest absolute Gasteiger partial charge is 0.0725 e. The summed E-state index contributed by atoms with van der Waals surface area (Å²) in [4.78, 5) is 4.54. The van der Waals surface area contributed by atoms with E-state index in [0.29, 0.717) is 5.92 Å². The molecular weight excluding hydrogens is 236 g/mol. The number of rotatable bonds is 6. The molecule has 102 valence electrons. The standard InChI is InChI=1S/C16H22N2O/c1-3-13(8-9-19)11-17-16-10-12(2)18-15-7-5-4-6-14(15)16/h4-7,10,13,19H,3,8-9,11H2,1-2H3,(H,17,18). The van der Waals surface area contributed by atoms with Crippen molar-refractivity contribution >= 4 is 16.6 Å². The first-order valence-corrected chi connectivity index (χ1v) is 6.95. The monoisotopic (exact) mass is 258 g/mol. The zero-order valence-corrected chi connectivity index (χ0v) is 11.7. The predicted molar refractivity (Wildman–Crippen MR) is 80.5 cm³/mol. The van der Waals surface area contributed by atoms with E-state index >= 15 is 0 Å². The summed E-state index contributed by atoms with van der Waals surface area (Å²) < 4.78 is 0. The number of anilines is 1. The molecule has 0 aliphatic carbocycles. The van der Waals surface area contributed by atoms with Crippen molar-refractivity contribution in [2.24, 2.45) is 5.92 Å². The fourth-order valence-electron chi connectivity index (χ4n) is 2.34. The van der Waals surface area contributed by atoms with Gasteiger partial charge in [-0.25, -0.2) is 0 Å². The summed E-state index contributed by atoms with van der Waals surface area (Å²) in [5.41, 5.74) is 3.19. The number of aryl methyl sites for hydroxylation is 1. The Kier molecular flexibility index (Phi) is 4.74. The summed E-state index contributed by atoms with van der Waals surface area (Å²) in [6.07, 6.45) is 1.93. The van der Waals surface area contributed by atoms with Crippen molar-refractivity contribution in [1.82, 2.24) is 4.98 Å². The Morgan fingerprint density at radius 1 is 1.32 bits per heavy atom. The second kappa shape index (κ2) is 6.53. The van der Waals surface area contributed by atoms with Gasteiger partial charge in [0.05, 0.1) is 5.52 Å². The molecule has 1 unspecified atom stereocenters. The lowest BCUT2D eigenvalue weighted by molar-refractivity contribution is 0.258. The maximum atomic E-state index is 9.04. The highest BCUT2D eigenvalue weighted by Crippen LogP contribution is 2.23. The third-order valence-corrected chi connectivity index (χ3v) is 3.54. The SMILES string of the molecule is CCC(CCO)CNc1cc(C)nc2ccccc12. The molecule has 1 heterocycles. The molecule has 3 heteroatoms. The van der Waals surface area contributed by atoms with Crippen LogP contribution in [0.3, 0.4) is 0 Å². The first kappa shape index (κ1) is 13.8. The van der Waals surface area contributed by atoms with Gasteiger partial charge < -0.3 is 10.4 Å². The van der Waals surface area contributed by atoms with Crippen LogP contribution in [0, 0.1) is 12.8 Å². The number of hydrogen-bond acceptors (Lipinski definition) is 3. The van der Waals surface area contributed by atoms with Gasteiger partial charge in [0.15, 0.2) is 0 Å². The number of aromatic nitrogens is 1. The van der Waals surface area contributed by atoms with Crippen molar-refractivity contribution in [3.8, 4) is 0 Å². The highest BCUT2D eigenvalue weighted by Gasteiger charge is 2.07. The zero-order valence-electron chi connectivity index (χ0n) is 11.7. The second-order valence-electron chi connectivity index (χ2n) is 5.00. The lowest BCUT2D eigenvalue weighted by Gasteiger charge is -2.16. The van der Waals surface area contributed by atoms with Gasteiger partial charge in [-0.3, -0.25) is 4.98 Å². The maximum absolute atomic E-state index is 9.04.